The molecule has 4 heteroatoms. The van der Waals surface area contributed by atoms with E-state index in [0.29, 0.717) is 5.69 Å². The molecule has 136 valence electrons. The van der Waals surface area contributed by atoms with Gasteiger partial charge in [-0.15, -0.1) is 0 Å². The second-order valence-corrected chi connectivity index (χ2v) is 6.84. The summed E-state index contributed by atoms with van der Waals surface area (Å²) in [6, 6.07) is 22.3. The lowest BCUT2D eigenvalue weighted by Crippen LogP contribution is -2.36. The third-order valence-electron chi connectivity index (χ3n) is 5.09. The smallest absolute Gasteiger partial charge is 0.277 e. The molecule has 4 rings (SSSR count). The van der Waals surface area contributed by atoms with Crippen molar-refractivity contribution in [1.82, 2.24) is 4.98 Å². The number of para-hydroxylation sites is 2. The molecule has 4 nitrogen and oxygen atoms in total. The van der Waals surface area contributed by atoms with E-state index in [1.54, 1.807) is 6.20 Å². The number of carbonyl (C=O) groups is 1. The molecule has 0 spiro atoms. The molecule has 0 N–H and O–H groups in total. The molecule has 0 fully saturated rings. The number of nitrogens with zero attached hydrogens (tertiary/aromatic N) is 3. The van der Waals surface area contributed by atoms with Gasteiger partial charge in [-0.05, 0) is 56.2 Å². The van der Waals surface area contributed by atoms with E-state index in [2.05, 4.69) is 41.9 Å². The lowest BCUT2D eigenvalue weighted by molar-refractivity contribution is 0.0976. The molecular weight excluding hydrogens is 334 g/mol. The van der Waals surface area contributed by atoms with E-state index >= 15 is 0 Å². The van der Waals surface area contributed by atoms with E-state index in [4.69, 9.17) is 0 Å². The molecule has 0 radical (unpaired) electrons. The highest BCUT2D eigenvalue weighted by atomic mass is 16.2. The van der Waals surface area contributed by atoms with E-state index in [-0.39, 0.29) is 11.9 Å². The summed E-state index contributed by atoms with van der Waals surface area (Å²) in [7, 11) is 0. The highest BCUT2D eigenvalue weighted by Gasteiger charge is 2.31. The predicted molar refractivity (Wildman–Crippen MR) is 110 cm³/mol. The second kappa shape index (κ2) is 7.23. The van der Waals surface area contributed by atoms with Gasteiger partial charge in [-0.25, -0.2) is 4.98 Å². The van der Waals surface area contributed by atoms with Crippen LogP contribution in [0, 0.1) is 0 Å². The standard InChI is InChI=1S/C23H23N3O/c1-3-25(19-10-5-4-6-11-19)20-13-14-21(24-16-20)23(27)26-17(2)15-18-9-7-8-12-22(18)26/h4-14,16-17H,3,15H2,1-2H3. The van der Waals surface area contributed by atoms with Crippen LogP contribution in [0.4, 0.5) is 17.1 Å². The van der Waals surface area contributed by atoms with E-state index < -0.39 is 0 Å². The Balaban J connectivity index is 1.60. The van der Waals surface area contributed by atoms with Crippen molar-refractivity contribution in [3.63, 3.8) is 0 Å². The van der Waals surface area contributed by atoms with Gasteiger partial charge in [0.2, 0.25) is 0 Å². The van der Waals surface area contributed by atoms with Crippen molar-refractivity contribution in [1.29, 1.82) is 0 Å². The van der Waals surface area contributed by atoms with Gasteiger partial charge in [-0.1, -0.05) is 36.4 Å². The van der Waals surface area contributed by atoms with Gasteiger partial charge in [-0.3, -0.25) is 4.79 Å². The normalized spacial score (nSPS) is 15.5. The Kier molecular flexibility index (Phi) is 4.63. The fraction of sp³-hybridized carbons (Fsp3) is 0.217. The molecule has 1 aliphatic heterocycles. The summed E-state index contributed by atoms with van der Waals surface area (Å²) in [5.74, 6) is -0.0400. The fourth-order valence-electron chi connectivity index (χ4n) is 3.79. The van der Waals surface area contributed by atoms with Crippen molar-refractivity contribution < 1.29 is 4.79 Å². The number of hydrogen-bond donors (Lipinski definition) is 0. The Morgan fingerprint density at radius 3 is 2.48 bits per heavy atom. The number of pyridine rings is 1. The topological polar surface area (TPSA) is 36.4 Å². The number of amides is 1. The number of benzene rings is 2. The van der Waals surface area contributed by atoms with Crippen LogP contribution in [0.2, 0.25) is 0 Å². The van der Waals surface area contributed by atoms with Crippen LogP contribution in [0.15, 0.2) is 72.9 Å². The van der Waals surface area contributed by atoms with E-state index in [1.165, 1.54) is 5.56 Å². The third kappa shape index (κ3) is 3.19. The van der Waals surface area contributed by atoms with Crippen LogP contribution < -0.4 is 9.80 Å². The molecule has 1 atom stereocenters. The molecule has 1 unspecified atom stereocenters. The van der Waals surface area contributed by atoms with Crippen LogP contribution in [0.5, 0.6) is 0 Å². The van der Waals surface area contributed by atoms with Gasteiger partial charge in [0.1, 0.15) is 5.69 Å². The Morgan fingerprint density at radius 1 is 1.04 bits per heavy atom. The van der Waals surface area contributed by atoms with Crippen LogP contribution in [0.25, 0.3) is 0 Å². The number of carbonyl (C=O) groups excluding carboxylic acids is 1. The molecule has 2 heterocycles. The maximum atomic E-state index is 13.1. The fourth-order valence-corrected chi connectivity index (χ4v) is 3.79. The first kappa shape index (κ1) is 17.3. The average Bonchev–Trinajstić information content (AvgIpc) is 3.05. The molecule has 3 aromatic rings. The minimum atomic E-state index is -0.0400. The van der Waals surface area contributed by atoms with Gasteiger partial charge >= 0.3 is 0 Å². The highest BCUT2D eigenvalue weighted by molar-refractivity contribution is 6.06. The number of aromatic nitrogens is 1. The summed E-state index contributed by atoms with van der Waals surface area (Å²) in [5.41, 5.74) is 4.79. The van der Waals surface area contributed by atoms with E-state index in [0.717, 1.165) is 30.0 Å². The number of anilines is 3. The molecule has 0 saturated carbocycles. The van der Waals surface area contributed by atoms with Gasteiger partial charge in [0, 0.05) is 24.0 Å². The molecule has 1 aliphatic rings. The molecule has 1 aromatic heterocycles. The molecule has 0 aliphatic carbocycles. The average molecular weight is 357 g/mol. The number of fused-ring (bicyclic) bond motifs is 1. The summed E-state index contributed by atoms with van der Waals surface area (Å²) in [5, 5.41) is 0. The Hall–Kier alpha value is -3.14. The summed E-state index contributed by atoms with van der Waals surface area (Å²) < 4.78 is 0. The summed E-state index contributed by atoms with van der Waals surface area (Å²) in [4.78, 5) is 21.6. The third-order valence-corrected chi connectivity index (χ3v) is 5.09. The number of hydrogen-bond acceptors (Lipinski definition) is 3. The molecule has 0 saturated heterocycles. The maximum Gasteiger partial charge on any atom is 0.277 e. The summed E-state index contributed by atoms with van der Waals surface area (Å²) >= 11 is 0. The van der Waals surface area contributed by atoms with Crippen LogP contribution in [-0.4, -0.2) is 23.5 Å². The predicted octanol–water partition coefficient (Wildman–Crippen LogP) is 4.83. The Bertz CT molecular complexity index is 937. The van der Waals surface area contributed by atoms with Crippen LogP contribution >= 0.6 is 0 Å². The van der Waals surface area contributed by atoms with Crippen molar-refractivity contribution in [2.45, 2.75) is 26.3 Å². The zero-order valence-corrected chi connectivity index (χ0v) is 15.7. The van der Waals surface area contributed by atoms with Crippen LogP contribution in [0.3, 0.4) is 0 Å². The Labute approximate surface area is 160 Å². The zero-order chi connectivity index (χ0) is 18.8. The summed E-state index contributed by atoms with van der Waals surface area (Å²) in [6.07, 6.45) is 2.67. The quantitative estimate of drug-likeness (QED) is 0.671. The van der Waals surface area contributed by atoms with Crippen LogP contribution in [-0.2, 0) is 6.42 Å². The molecule has 1 amide bonds. The first-order chi connectivity index (χ1) is 13.2. The molecule has 27 heavy (non-hydrogen) atoms. The van der Waals surface area contributed by atoms with E-state index in [9.17, 15) is 4.79 Å². The molecule has 2 aromatic carbocycles. The van der Waals surface area contributed by atoms with Gasteiger partial charge in [-0.2, -0.15) is 0 Å². The maximum absolute atomic E-state index is 13.1. The zero-order valence-electron chi connectivity index (χ0n) is 15.7. The van der Waals surface area contributed by atoms with Gasteiger partial charge < -0.3 is 9.80 Å². The first-order valence-corrected chi connectivity index (χ1v) is 9.39. The van der Waals surface area contributed by atoms with Crippen molar-refractivity contribution >= 4 is 23.0 Å². The van der Waals surface area contributed by atoms with Crippen molar-refractivity contribution in [2.75, 3.05) is 16.3 Å². The van der Waals surface area contributed by atoms with E-state index in [1.807, 2.05) is 53.4 Å². The first-order valence-electron chi connectivity index (χ1n) is 9.39. The summed E-state index contributed by atoms with van der Waals surface area (Å²) in [6.45, 7) is 5.02. The number of rotatable bonds is 4. The molecule has 0 bridgehead atoms. The molecular formula is C23H23N3O. The SMILES string of the molecule is CCN(c1ccccc1)c1ccc(C(=O)N2c3ccccc3CC2C)nc1. The van der Waals surface area contributed by atoms with Crippen molar-refractivity contribution in [3.05, 3.63) is 84.2 Å². The van der Waals surface area contributed by atoms with Crippen molar-refractivity contribution in [3.8, 4) is 0 Å². The minimum Gasteiger partial charge on any atom is -0.341 e. The van der Waals surface area contributed by atoms with Gasteiger partial charge in [0.05, 0.1) is 11.9 Å². The highest BCUT2D eigenvalue weighted by Crippen LogP contribution is 2.33. The van der Waals surface area contributed by atoms with Gasteiger partial charge in [0.15, 0.2) is 0 Å². The second-order valence-electron chi connectivity index (χ2n) is 6.84. The van der Waals surface area contributed by atoms with Crippen molar-refractivity contribution in [2.24, 2.45) is 0 Å². The lowest BCUT2D eigenvalue weighted by atomic mass is 10.1. The Morgan fingerprint density at radius 2 is 1.78 bits per heavy atom. The lowest BCUT2D eigenvalue weighted by Gasteiger charge is -2.24. The largest absolute Gasteiger partial charge is 0.341 e. The minimum absolute atomic E-state index is 0.0400. The van der Waals surface area contributed by atoms with Gasteiger partial charge in [0.25, 0.3) is 5.91 Å². The monoisotopic (exact) mass is 357 g/mol. The van der Waals surface area contributed by atoms with Crippen LogP contribution in [0.1, 0.15) is 29.9 Å².